The molecule has 0 aliphatic heterocycles. The van der Waals surface area contributed by atoms with E-state index in [9.17, 15) is 4.79 Å². The first-order valence-electron chi connectivity index (χ1n) is 3.89. The number of hydrogen-bond acceptors (Lipinski definition) is 1. The van der Waals surface area contributed by atoms with Crippen molar-refractivity contribution in [1.82, 2.24) is 4.98 Å². The SMILES string of the molecule is CCCN(C(=O)O)c1ccc[nH]1. The van der Waals surface area contributed by atoms with Gasteiger partial charge in [-0.15, -0.1) is 0 Å². The summed E-state index contributed by atoms with van der Waals surface area (Å²) >= 11 is 0. The Hall–Kier alpha value is -1.45. The number of carbonyl (C=O) groups is 1. The van der Waals surface area contributed by atoms with Crippen molar-refractivity contribution in [2.45, 2.75) is 13.3 Å². The minimum absolute atomic E-state index is 0.524. The maximum absolute atomic E-state index is 10.7. The molecule has 0 aromatic carbocycles. The Bertz CT molecular complexity index is 244. The molecule has 1 amide bonds. The molecule has 0 aliphatic rings. The summed E-state index contributed by atoms with van der Waals surface area (Å²) in [7, 11) is 0. The zero-order valence-electron chi connectivity index (χ0n) is 6.95. The first-order valence-corrected chi connectivity index (χ1v) is 3.89. The molecule has 0 radical (unpaired) electrons. The van der Waals surface area contributed by atoms with E-state index in [2.05, 4.69) is 4.98 Å². The van der Waals surface area contributed by atoms with Crippen LogP contribution in [0.2, 0.25) is 0 Å². The molecule has 0 unspecified atom stereocenters. The van der Waals surface area contributed by atoms with Gasteiger partial charge < -0.3 is 10.1 Å². The summed E-state index contributed by atoms with van der Waals surface area (Å²) in [6, 6.07) is 3.52. The first-order chi connectivity index (χ1) is 5.75. The van der Waals surface area contributed by atoms with E-state index in [1.807, 2.05) is 6.92 Å². The summed E-state index contributed by atoms with van der Waals surface area (Å²) in [6.07, 6.45) is 1.60. The largest absolute Gasteiger partial charge is 0.465 e. The highest BCUT2D eigenvalue weighted by molar-refractivity contribution is 5.84. The number of hydrogen-bond donors (Lipinski definition) is 2. The Balaban J connectivity index is 2.73. The van der Waals surface area contributed by atoms with Crippen LogP contribution in [0.15, 0.2) is 18.3 Å². The third-order valence-electron chi connectivity index (χ3n) is 1.55. The lowest BCUT2D eigenvalue weighted by atomic mass is 10.4. The van der Waals surface area contributed by atoms with Crippen LogP contribution in [0, 0.1) is 0 Å². The van der Waals surface area contributed by atoms with E-state index in [4.69, 9.17) is 5.11 Å². The lowest BCUT2D eigenvalue weighted by molar-refractivity contribution is 0.201. The highest BCUT2D eigenvalue weighted by Crippen LogP contribution is 2.10. The number of aromatic amines is 1. The van der Waals surface area contributed by atoms with Crippen LogP contribution in [0.1, 0.15) is 13.3 Å². The molecule has 0 atom stereocenters. The molecule has 4 heteroatoms. The second-order valence-electron chi connectivity index (χ2n) is 2.49. The van der Waals surface area contributed by atoms with Crippen molar-refractivity contribution in [2.75, 3.05) is 11.4 Å². The van der Waals surface area contributed by atoms with Crippen LogP contribution in [0.5, 0.6) is 0 Å². The van der Waals surface area contributed by atoms with E-state index in [1.165, 1.54) is 4.90 Å². The summed E-state index contributed by atoms with van der Waals surface area (Å²) < 4.78 is 0. The van der Waals surface area contributed by atoms with Gasteiger partial charge in [0.1, 0.15) is 5.82 Å². The summed E-state index contributed by atoms with van der Waals surface area (Å²) in [5, 5.41) is 8.78. The van der Waals surface area contributed by atoms with Gasteiger partial charge in [0.2, 0.25) is 0 Å². The van der Waals surface area contributed by atoms with Gasteiger partial charge in [-0.3, -0.25) is 4.90 Å². The highest BCUT2D eigenvalue weighted by Gasteiger charge is 2.12. The summed E-state index contributed by atoms with van der Waals surface area (Å²) in [6.45, 7) is 2.47. The van der Waals surface area contributed by atoms with Crippen LogP contribution < -0.4 is 4.90 Å². The minimum Gasteiger partial charge on any atom is -0.465 e. The second-order valence-corrected chi connectivity index (χ2v) is 2.49. The molecular weight excluding hydrogens is 156 g/mol. The molecule has 2 N–H and O–H groups in total. The van der Waals surface area contributed by atoms with Gasteiger partial charge in [-0.2, -0.15) is 0 Å². The predicted molar refractivity (Wildman–Crippen MR) is 46.5 cm³/mol. The number of anilines is 1. The van der Waals surface area contributed by atoms with Gasteiger partial charge in [-0.05, 0) is 18.6 Å². The van der Waals surface area contributed by atoms with Crippen LogP contribution >= 0.6 is 0 Å². The van der Waals surface area contributed by atoms with Crippen LogP contribution in [0.25, 0.3) is 0 Å². The molecule has 0 saturated heterocycles. The molecule has 0 aliphatic carbocycles. The molecule has 66 valence electrons. The van der Waals surface area contributed by atoms with Crippen LogP contribution in [0.4, 0.5) is 10.6 Å². The molecule has 1 aromatic rings. The normalized spacial score (nSPS) is 9.75. The highest BCUT2D eigenvalue weighted by atomic mass is 16.4. The molecule has 1 aromatic heterocycles. The average molecular weight is 168 g/mol. The van der Waals surface area contributed by atoms with E-state index >= 15 is 0 Å². The predicted octanol–water partition coefficient (Wildman–Crippen LogP) is 1.91. The Labute approximate surface area is 70.8 Å². The standard InChI is InChI=1S/C8H12N2O2/c1-2-6-10(8(11)12)7-4-3-5-9-7/h3-5,9H,2,6H2,1H3,(H,11,12). The van der Waals surface area contributed by atoms with Crippen LogP contribution in [0.3, 0.4) is 0 Å². The van der Waals surface area contributed by atoms with Crippen molar-refractivity contribution in [1.29, 1.82) is 0 Å². The van der Waals surface area contributed by atoms with E-state index in [1.54, 1.807) is 18.3 Å². The molecule has 0 spiro atoms. The molecule has 0 bridgehead atoms. The number of rotatable bonds is 3. The smallest absolute Gasteiger partial charge is 0.412 e. The fraction of sp³-hybridized carbons (Fsp3) is 0.375. The lowest BCUT2D eigenvalue weighted by Crippen LogP contribution is -2.30. The van der Waals surface area contributed by atoms with Crippen molar-refractivity contribution in [3.63, 3.8) is 0 Å². The van der Waals surface area contributed by atoms with E-state index in [0.29, 0.717) is 12.4 Å². The maximum atomic E-state index is 10.7. The van der Waals surface area contributed by atoms with Crippen molar-refractivity contribution in [3.8, 4) is 0 Å². The van der Waals surface area contributed by atoms with Crippen molar-refractivity contribution < 1.29 is 9.90 Å². The Morgan fingerprint density at radius 1 is 1.75 bits per heavy atom. The first kappa shape index (κ1) is 8.64. The van der Waals surface area contributed by atoms with Crippen molar-refractivity contribution in [2.24, 2.45) is 0 Å². The topological polar surface area (TPSA) is 56.3 Å². The minimum atomic E-state index is -0.917. The molecule has 1 heterocycles. The van der Waals surface area contributed by atoms with Crippen LogP contribution in [-0.2, 0) is 0 Å². The summed E-state index contributed by atoms with van der Waals surface area (Å²) in [4.78, 5) is 14.8. The molecule has 12 heavy (non-hydrogen) atoms. The number of aromatic nitrogens is 1. The Morgan fingerprint density at radius 3 is 2.92 bits per heavy atom. The third kappa shape index (κ3) is 1.78. The fourth-order valence-corrected chi connectivity index (χ4v) is 1.03. The molecule has 0 fully saturated rings. The van der Waals surface area contributed by atoms with Gasteiger partial charge in [0.15, 0.2) is 0 Å². The van der Waals surface area contributed by atoms with Gasteiger partial charge in [-0.25, -0.2) is 4.79 Å². The Kier molecular flexibility index (Phi) is 2.74. The van der Waals surface area contributed by atoms with Crippen LogP contribution in [-0.4, -0.2) is 22.7 Å². The van der Waals surface area contributed by atoms with Gasteiger partial charge in [0.05, 0.1) is 0 Å². The monoisotopic (exact) mass is 168 g/mol. The zero-order valence-corrected chi connectivity index (χ0v) is 6.95. The fourth-order valence-electron chi connectivity index (χ4n) is 1.03. The number of carboxylic acid groups (broad SMARTS) is 1. The van der Waals surface area contributed by atoms with E-state index < -0.39 is 6.09 Å². The summed E-state index contributed by atoms with van der Waals surface area (Å²) in [5.74, 6) is 0.629. The number of H-pyrrole nitrogens is 1. The average Bonchev–Trinajstić information content (AvgIpc) is 2.51. The maximum Gasteiger partial charge on any atom is 0.412 e. The quantitative estimate of drug-likeness (QED) is 0.724. The third-order valence-corrected chi connectivity index (χ3v) is 1.55. The zero-order chi connectivity index (χ0) is 8.97. The Morgan fingerprint density at radius 2 is 2.50 bits per heavy atom. The van der Waals surface area contributed by atoms with Gasteiger partial charge in [-0.1, -0.05) is 6.92 Å². The van der Waals surface area contributed by atoms with Gasteiger partial charge in [0, 0.05) is 12.7 Å². The number of amides is 1. The second kappa shape index (κ2) is 3.80. The van der Waals surface area contributed by atoms with E-state index in [-0.39, 0.29) is 0 Å². The van der Waals surface area contributed by atoms with Gasteiger partial charge >= 0.3 is 6.09 Å². The van der Waals surface area contributed by atoms with Gasteiger partial charge in [0.25, 0.3) is 0 Å². The number of nitrogens with one attached hydrogen (secondary N) is 1. The molecular formula is C8H12N2O2. The summed E-state index contributed by atoms with van der Waals surface area (Å²) in [5.41, 5.74) is 0. The van der Waals surface area contributed by atoms with Crippen molar-refractivity contribution in [3.05, 3.63) is 18.3 Å². The molecule has 0 saturated carbocycles. The molecule has 4 nitrogen and oxygen atoms in total. The van der Waals surface area contributed by atoms with Crippen molar-refractivity contribution >= 4 is 11.9 Å². The molecule has 1 rings (SSSR count). The van der Waals surface area contributed by atoms with E-state index in [0.717, 1.165) is 6.42 Å². The lowest BCUT2D eigenvalue weighted by Gasteiger charge is -2.15. The number of nitrogens with zero attached hydrogens (tertiary/aromatic N) is 1.